The van der Waals surface area contributed by atoms with Crippen LogP contribution in [0.15, 0.2) is 84.6 Å². The Morgan fingerprint density at radius 3 is 2.50 bits per heavy atom. The van der Waals surface area contributed by atoms with Crippen molar-refractivity contribution in [2.45, 2.75) is 12.6 Å². The van der Waals surface area contributed by atoms with Gasteiger partial charge in [0.1, 0.15) is 11.6 Å². The van der Waals surface area contributed by atoms with Crippen LogP contribution in [-0.2, 0) is 23.2 Å². The highest BCUT2D eigenvalue weighted by molar-refractivity contribution is 6.46. The highest BCUT2D eigenvalue weighted by Crippen LogP contribution is 2.43. The van der Waals surface area contributed by atoms with Gasteiger partial charge in [0.05, 0.1) is 11.6 Å². The van der Waals surface area contributed by atoms with Crippen molar-refractivity contribution in [2.75, 3.05) is 0 Å². The zero-order chi connectivity index (χ0) is 24.0. The van der Waals surface area contributed by atoms with Gasteiger partial charge in [-0.25, -0.2) is 4.39 Å². The van der Waals surface area contributed by atoms with Gasteiger partial charge in [0, 0.05) is 46.8 Å². The van der Waals surface area contributed by atoms with Crippen LogP contribution in [0.4, 0.5) is 4.39 Å². The molecule has 1 atom stereocenters. The maximum absolute atomic E-state index is 13.5. The average molecular weight is 475 g/mol. The molecule has 0 aliphatic carbocycles. The Morgan fingerprint density at radius 2 is 1.76 bits per heavy atom. The van der Waals surface area contributed by atoms with Gasteiger partial charge in [-0.3, -0.25) is 9.59 Å². The predicted octanol–water partition coefficient (Wildman–Crippen LogP) is 5.59. The third-order valence-electron chi connectivity index (χ3n) is 6.13. The van der Waals surface area contributed by atoms with Crippen LogP contribution in [0.3, 0.4) is 0 Å². The van der Waals surface area contributed by atoms with E-state index in [1.165, 1.54) is 17.0 Å². The zero-order valence-corrected chi connectivity index (χ0v) is 19.0. The molecule has 1 N–H and O–H groups in total. The summed E-state index contributed by atoms with van der Waals surface area (Å²) in [4.78, 5) is 27.9. The number of likely N-dealkylation sites (tertiary alicyclic amines) is 1. The first kappa shape index (κ1) is 21.9. The quantitative estimate of drug-likeness (QED) is 0.238. The number of carbonyl (C=O) groups is 2. The van der Waals surface area contributed by atoms with E-state index in [4.69, 9.17) is 11.6 Å². The fourth-order valence-electron chi connectivity index (χ4n) is 4.54. The lowest BCUT2D eigenvalue weighted by Crippen LogP contribution is -2.29. The largest absolute Gasteiger partial charge is 0.507 e. The number of fused-ring (bicyclic) bond motifs is 1. The van der Waals surface area contributed by atoms with Gasteiger partial charge in [-0.1, -0.05) is 54.1 Å². The van der Waals surface area contributed by atoms with Crippen LogP contribution in [0.5, 0.6) is 0 Å². The number of aliphatic hydroxyl groups is 1. The van der Waals surface area contributed by atoms with Gasteiger partial charge in [-0.2, -0.15) is 0 Å². The van der Waals surface area contributed by atoms with Gasteiger partial charge in [0.15, 0.2) is 0 Å². The van der Waals surface area contributed by atoms with Crippen molar-refractivity contribution in [3.63, 3.8) is 0 Å². The molecule has 1 aliphatic rings. The molecule has 1 aromatic heterocycles. The van der Waals surface area contributed by atoms with Crippen LogP contribution in [0.2, 0.25) is 5.02 Å². The van der Waals surface area contributed by atoms with Crippen LogP contribution in [0, 0.1) is 5.82 Å². The average Bonchev–Trinajstić information content (AvgIpc) is 3.29. The van der Waals surface area contributed by atoms with E-state index in [0.717, 1.165) is 10.9 Å². The first-order valence-corrected chi connectivity index (χ1v) is 11.1. The van der Waals surface area contributed by atoms with E-state index < -0.39 is 23.5 Å². The molecule has 2 heterocycles. The standard InChI is InChI=1S/C27H20ClFN2O3/c1-30-15-21(20-7-2-3-8-22(20)30)24-23(25(32)17-5-4-6-18(28)13-17)26(33)27(34)31(24)14-16-9-11-19(29)12-10-16/h2-13,15,24,32H,14H2,1H3/b25-23+. The number of rotatable bonds is 4. The van der Waals surface area contributed by atoms with Crippen LogP contribution in [0.1, 0.15) is 22.7 Å². The Hall–Kier alpha value is -3.90. The summed E-state index contributed by atoms with van der Waals surface area (Å²) < 4.78 is 15.4. The number of carbonyl (C=O) groups excluding carboxylic acids is 2. The van der Waals surface area contributed by atoms with Crippen LogP contribution < -0.4 is 0 Å². The van der Waals surface area contributed by atoms with Gasteiger partial charge in [-0.15, -0.1) is 0 Å². The summed E-state index contributed by atoms with van der Waals surface area (Å²) in [5, 5.41) is 12.5. The molecule has 1 aliphatic heterocycles. The fourth-order valence-corrected chi connectivity index (χ4v) is 4.73. The van der Waals surface area contributed by atoms with E-state index >= 15 is 0 Å². The van der Waals surface area contributed by atoms with Crippen LogP contribution in [-0.4, -0.2) is 26.3 Å². The van der Waals surface area contributed by atoms with E-state index in [9.17, 15) is 19.1 Å². The molecular formula is C27H20ClFN2O3. The topological polar surface area (TPSA) is 62.5 Å². The van der Waals surface area contributed by atoms with E-state index in [0.29, 0.717) is 21.7 Å². The molecule has 1 amide bonds. The zero-order valence-electron chi connectivity index (χ0n) is 18.2. The molecule has 7 heteroatoms. The number of aromatic nitrogens is 1. The Morgan fingerprint density at radius 1 is 1.03 bits per heavy atom. The second-order valence-corrected chi connectivity index (χ2v) is 8.71. The number of hydrogen-bond donors (Lipinski definition) is 1. The number of benzene rings is 3. The van der Waals surface area contributed by atoms with Crippen molar-refractivity contribution in [1.29, 1.82) is 0 Å². The first-order chi connectivity index (χ1) is 16.3. The van der Waals surface area contributed by atoms with E-state index in [1.807, 2.05) is 42.1 Å². The van der Waals surface area contributed by atoms with Gasteiger partial charge < -0.3 is 14.6 Å². The summed E-state index contributed by atoms with van der Waals surface area (Å²) in [6.45, 7) is 0.0745. The predicted molar refractivity (Wildman–Crippen MR) is 129 cm³/mol. The summed E-state index contributed by atoms with van der Waals surface area (Å²) in [7, 11) is 1.88. The Bertz CT molecular complexity index is 1470. The van der Waals surface area contributed by atoms with Crippen molar-refractivity contribution < 1.29 is 19.1 Å². The maximum atomic E-state index is 13.5. The molecule has 1 saturated heterocycles. The number of halogens is 2. The smallest absolute Gasteiger partial charge is 0.295 e. The van der Waals surface area contributed by atoms with Crippen molar-refractivity contribution in [1.82, 2.24) is 9.47 Å². The maximum Gasteiger partial charge on any atom is 0.295 e. The lowest BCUT2D eigenvalue weighted by atomic mass is 9.95. The molecule has 0 saturated carbocycles. The molecule has 3 aromatic carbocycles. The van der Waals surface area contributed by atoms with E-state index in [-0.39, 0.29) is 17.9 Å². The highest BCUT2D eigenvalue weighted by atomic mass is 35.5. The number of para-hydroxylation sites is 1. The fraction of sp³-hybridized carbons (Fsp3) is 0.111. The number of nitrogens with zero attached hydrogens (tertiary/aromatic N) is 2. The number of hydrogen-bond acceptors (Lipinski definition) is 3. The Labute approximate surface area is 200 Å². The minimum atomic E-state index is -0.838. The van der Waals surface area contributed by atoms with Crippen molar-refractivity contribution in [2.24, 2.45) is 7.05 Å². The van der Waals surface area contributed by atoms with Gasteiger partial charge in [0.25, 0.3) is 11.7 Å². The summed E-state index contributed by atoms with van der Waals surface area (Å²) in [5.41, 5.74) is 2.63. The van der Waals surface area contributed by atoms with E-state index in [2.05, 4.69) is 0 Å². The summed E-state index contributed by atoms with van der Waals surface area (Å²) in [6.07, 6.45) is 1.87. The number of Topliss-reactive ketones (excluding diaryl/α,β-unsaturated/α-hetero) is 1. The molecule has 1 unspecified atom stereocenters. The third-order valence-corrected chi connectivity index (χ3v) is 6.36. The third kappa shape index (κ3) is 3.66. The minimum absolute atomic E-state index is 0.00858. The van der Waals surface area contributed by atoms with Gasteiger partial charge >= 0.3 is 0 Å². The molecule has 5 rings (SSSR count). The number of aliphatic hydroxyl groups excluding tert-OH is 1. The number of aryl methyl sites for hydroxylation is 1. The molecule has 0 bridgehead atoms. The second kappa shape index (κ2) is 8.47. The molecule has 0 radical (unpaired) electrons. The molecular weight excluding hydrogens is 455 g/mol. The highest BCUT2D eigenvalue weighted by Gasteiger charge is 2.47. The lowest BCUT2D eigenvalue weighted by Gasteiger charge is -2.25. The first-order valence-electron chi connectivity index (χ1n) is 10.7. The van der Waals surface area contributed by atoms with Gasteiger partial charge in [0.2, 0.25) is 0 Å². The normalized spacial score (nSPS) is 17.6. The molecule has 1 fully saturated rings. The molecule has 170 valence electrons. The lowest BCUT2D eigenvalue weighted by molar-refractivity contribution is -0.140. The number of ketones is 1. The summed E-state index contributed by atoms with van der Waals surface area (Å²) >= 11 is 6.11. The van der Waals surface area contributed by atoms with Crippen molar-refractivity contribution in [3.8, 4) is 0 Å². The monoisotopic (exact) mass is 474 g/mol. The molecule has 34 heavy (non-hydrogen) atoms. The van der Waals surface area contributed by atoms with Gasteiger partial charge in [-0.05, 0) is 35.9 Å². The van der Waals surface area contributed by atoms with Crippen LogP contribution in [0.25, 0.3) is 16.7 Å². The summed E-state index contributed by atoms with van der Waals surface area (Å²) in [5.74, 6) is -2.19. The SMILES string of the molecule is Cn1cc(C2/C(=C(\O)c3cccc(Cl)c3)C(=O)C(=O)N2Cc2ccc(F)cc2)c2ccccc21. The second-order valence-electron chi connectivity index (χ2n) is 8.28. The molecule has 5 nitrogen and oxygen atoms in total. The molecule has 0 spiro atoms. The van der Waals surface area contributed by atoms with Crippen molar-refractivity contribution in [3.05, 3.63) is 112 Å². The number of amides is 1. The Kier molecular flexibility index (Phi) is 5.46. The minimum Gasteiger partial charge on any atom is -0.507 e. The molecule has 4 aromatic rings. The Balaban J connectivity index is 1.73. The summed E-state index contributed by atoms with van der Waals surface area (Å²) in [6, 6.07) is 19.1. The van der Waals surface area contributed by atoms with Crippen LogP contribution >= 0.6 is 11.6 Å². The van der Waals surface area contributed by atoms with E-state index in [1.54, 1.807) is 36.4 Å². The van der Waals surface area contributed by atoms with Crippen molar-refractivity contribution >= 4 is 40.0 Å².